The Hall–Kier alpha value is -2.11. The number of piperidine rings is 1. The molecule has 1 aliphatic rings. The maximum atomic E-state index is 13.5. The van der Waals surface area contributed by atoms with Gasteiger partial charge in [-0.25, -0.2) is 0 Å². The molecule has 0 aliphatic carbocycles. The van der Waals surface area contributed by atoms with Crippen LogP contribution in [0.3, 0.4) is 0 Å². The smallest absolute Gasteiger partial charge is 0.245 e. The molecular formula is C26H33N3O2Y-2. The van der Waals surface area contributed by atoms with E-state index in [9.17, 15) is 9.59 Å². The van der Waals surface area contributed by atoms with Crippen LogP contribution in [0, 0.1) is 12.7 Å². The Morgan fingerprint density at radius 1 is 1.25 bits per heavy atom. The van der Waals surface area contributed by atoms with Crippen LogP contribution in [0.25, 0.3) is 0 Å². The number of allylic oxidation sites excluding steroid dienone is 2. The molecule has 2 amide bonds. The molecule has 2 aromatic rings. The normalized spacial score (nSPS) is 16.2. The standard InChI is InChI=1S/C24H25N3O2.C2H6.Y.H2/c1-2-3-14-23(28)26-21(17-19-10-5-4-6-11-19)24(29)27-16-8-7-13-22(27)20-12-9-15-25-18-20;1-2;;/h1-6,9-12,15,18,21-22H,7-8,13,16-17H2,(H,26,28);1-2H3;;1H/q-2;;;/t21-,22+;;;/m0.../s1. The van der Waals surface area contributed by atoms with E-state index < -0.39 is 11.9 Å². The van der Waals surface area contributed by atoms with Gasteiger partial charge in [-0.2, -0.15) is 0 Å². The molecule has 1 saturated heterocycles. The zero-order valence-electron chi connectivity index (χ0n) is 18.9. The number of nitrogens with zero attached hydrogens (tertiary/aromatic N) is 2. The summed E-state index contributed by atoms with van der Waals surface area (Å²) in [6.45, 7) is 9.95. The molecular weight excluding hydrogens is 475 g/mol. The van der Waals surface area contributed by atoms with Gasteiger partial charge in [0.05, 0.1) is 6.04 Å². The first kappa shape index (κ1) is 27.9. The summed E-state index contributed by atoms with van der Waals surface area (Å²) in [6, 6.07) is 12.9. The van der Waals surface area contributed by atoms with Crippen LogP contribution in [0.2, 0.25) is 0 Å². The van der Waals surface area contributed by atoms with Gasteiger partial charge >= 0.3 is 0 Å². The number of hydrogen-bond donors (Lipinski definition) is 1. The quantitative estimate of drug-likeness (QED) is 0.341. The molecule has 1 radical (unpaired) electrons. The van der Waals surface area contributed by atoms with Crippen molar-refractivity contribution in [1.82, 2.24) is 15.2 Å². The number of rotatable bonds is 7. The number of benzene rings is 1. The molecule has 1 aliphatic heterocycles. The van der Waals surface area contributed by atoms with Crippen LogP contribution in [0.15, 0.2) is 67.0 Å². The molecule has 169 valence electrons. The molecule has 1 fully saturated rings. The van der Waals surface area contributed by atoms with Crippen molar-refractivity contribution in [2.24, 2.45) is 0 Å². The Labute approximate surface area is 218 Å². The van der Waals surface area contributed by atoms with E-state index in [0.29, 0.717) is 13.0 Å². The van der Waals surface area contributed by atoms with Gasteiger partial charge in [-0.1, -0.05) is 50.2 Å². The second-order valence-corrected chi connectivity index (χ2v) is 7.05. The van der Waals surface area contributed by atoms with Crippen molar-refractivity contribution in [3.8, 4) is 0 Å². The zero-order chi connectivity index (χ0) is 22.5. The molecule has 1 N–H and O–H groups in total. The summed E-state index contributed by atoms with van der Waals surface area (Å²) in [7, 11) is 0. The fraction of sp³-hybridized carbons (Fsp3) is 0.346. The fourth-order valence-corrected chi connectivity index (χ4v) is 3.69. The Morgan fingerprint density at radius 2 is 2.00 bits per heavy atom. The Balaban J connectivity index is 0.00000249. The summed E-state index contributed by atoms with van der Waals surface area (Å²) >= 11 is 0. The van der Waals surface area contributed by atoms with E-state index in [0.717, 1.165) is 30.4 Å². The van der Waals surface area contributed by atoms with E-state index in [4.69, 9.17) is 6.58 Å². The van der Waals surface area contributed by atoms with Gasteiger partial charge in [0, 0.05) is 59.5 Å². The van der Waals surface area contributed by atoms with Crippen LogP contribution in [0.5, 0.6) is 0 Å². The predicted octanol–water partition coefficient (Wildman–Crippen LogP) is 4.48. The van der Waals surface area contributed by atoms with Crippen LogP contribution in [0.1, 0.15) is 51.7 Å². The molecule has 5 nitrogen and oxygen atoms in total. The topological polar surface area (TPSA) is 62.3 Å². The summed E-state index contributed by atoms with van der Waals surface area (Å²) in [5.41, 5.74) is 2.00. The summed E-state index contributed by atoms with van der Waals surface area (Å²) in [5.74, 6) is -0.551. The first-order valence-electron chi connectivity index (χ1n) is 10.9. The molecule has 0 unspecified atom stereocenters. The van der Waals surface area contributed by atoms with Crippen LogP contribution in [-0.4, -0.2) is 34.3 Å². The van der Waals surface area contributed by atoms with Gasteiger partial charge < -0.3 is 28.9 Å². The van der Waals surface area contributed by atoms with Crippen LogP contribution >= 0.6 is 0 Å². The van der Waals surface area contributed by atoms with Gasteiger partial charge in [-0.15, -0.1) is 0 Å². The van der Waals surface area contributed by atoms with Crippen LogP contribution in [-0.2, 0) is 48.7 Å². The first-order chi connectivity index (χ1) is 15.2. The van der Waals surface area contributed by atoms with Crippen molar-refractivity contribution in [2.45, 2.75) is 51.6 Å². The average molecular weight is 508 g/mol. The third-order valence-corrected chi connectivity index (χ3v) is 5.05. The number of nitrogens with one attached hydrogen (secondary N) is 1. The summed E-state index contributed by atoms with van der Waals surface area (Å²) in [5, 5.41) is 2.81. The fourth-order valence-electron chi connectivity index (χ4n) is 3.69. The minimum Gasteiger partial charge on any atom is -0.394 e. The predicted molar refractivity (Wildman–Crippen MR) is 125 cm³/mol. The molecule has 0 saturated carbocycles. The minimum atomic E-state index is -0.680. The van der Waals surface area contributed by atoms with E-state index in [-0.39, 0.29) is 46.1 Å². The number of carbonyl (C=O) groups is 2. The molecule has 2 atom stereocenters. The van der Waals surface area contributed by atoms with Gasteiger partial charge in [-0.3, -0.25) is 20.6 Å². The van der Waals surface area contributed by atoms with Crippen molar-refractivity contribution >= 4 is 11.8 Å². The maximum Gasteiger partial charge on any atom is 0.245 e. The third-order valence-electron chi connectivity index (χ3n) is 5.05. The molecule has 1 aromatic carbocycles. The average Bonchev–Trinajstić information content (AvgIpc) is 2.84. The van der Waals surface area contributed by atoms with Gasteiger partial charge in [0.1, 0.15) is 11.9 Å². The van der Waals surface area contributed by atoms with Crippen molar-refractivity contribution < 1.29 is 43.7 Å². The Morgan fingerprint density at radius 3 is 2.66 bits per heavy atom. The van der Waals surface area contributed by atoms with Crippen LogP contribution < -0.4 is 5.32 Å². The van der Waals surface area contributed by atoms with E-state index >= 15 is 0 Å². The Bertz CT molecular complexity index is 862. The van der Waals surface area contributed by atoms with Gasteiger partial charge in [0.25, 0.3) is 0 Å². The van der Waals surface area contributed by atoms with Gasteiger partial charge in [0.2, 0.25) is 5.91 Å². The van der Waals surface area contributed by atoms with Crippen molar-refractivity contribution in [3.05, 3.63) is 90.8 Å². The molecule has 1 aromatic heterocycles. The Kier molecular flexibility index (Phi) is 13.7. The molecule has 2 heterocycles. The summed E-state index contributed by atoms with van der Waals surface area (Å²) < 4.78 is 0. The second kappa shape index (κ2) is 15.7. The minimum absolute atomic E-state index is 0. The monoisotopic (exact) mass is 508 g/mol. The SMILES string of the molecule is CC.[CH-]=CC=[C-]C(=O)N[C@@H](Cc1ccccc1)C(=O)N1CCCC[C@@H]1c1cccnc1.[HH].[Y]. The molecule has 3 rings (SSSR count). The van der Waals surface area contributed by atoms with Crippen molar-refractivity contribution in [2.75, 3.05) is 6.54 Å². The first-order valence-corrected chi connectivity index (χ1v) is 10.9. The zero-order valence-corrected chi connectivity index (χ0v) is 21.7. The number of aromatic nitrogens is 1. The summed E-state index contributed by atoms with van der Waals surface area (Å²) in [4.78, 5) is 31.8. The number of amides is 2. The molecule has 0 spiro atoms. The van der Waals surface area contributed by atoms with Crippen LogP contribution in [0.4, 0.5) is 0 Å². The van der Waals surface area contributed by atoms with Crippen molar-refractivity contribution in [3.63, 3.8) is 0 Å². The van der Waals surface area contributed by atoms with Gasteiger partial charge in [-0.05, 0) is 36.5 Å². The number of likely N-dealkylation sites (tertiary alicyclic amines) is 1. The van der Waals surface area contributed by atoms with E-state index in [1.165, 1.54) is 12.2 Å². The maximum absolute atomic E-state index is 13.5. The van der Waals surface area contributed by atoms with E-state index in [1.807, 2.05) is 67.4 Å². The largest absolute Gasteiger partial charge is 0.394 e. The number of hydrogen-bond acceptors (Lipinski definition) is 3. The molecule has 6 heteroatoms. The van der Waals surface area contributed by atoms with Crippen molar-refractivity contribution in [1.29, 1.82) is 0 Å². The van der Waals surface area contributed by atoms with E-state index in [2.05, 4.69) is 16.4 Å². The number of carbonyl (C=O) groups excluding carboxylic acids is 2. The molecule has 0 bridgehead atoms. The van der Waals surface area contributed by atoms with E-state index in [1.54, 1.807) is 6.20 Å². The summed E-state index contributed by atoms with van der Waals surface area (Å²) in [6.07, 6.45) is 11.9. The van der Waals surface area contributed by atoms with Gasteiger partial charge in [0.15, 0.2) is 0 Å². The second-order valence-electron chi connectivity index (χ2n) is 7.05. The third kappa shape index (κ3) is 8.44. The molecule has 32 heavy (non-hydrogen) atoms. The number of pyridine rings is 1.